The van der Waals surface area contributed by atoms with E-state index in [4.69, 9.17) is 5.84 Å². The van der Waals surface area contributed by atoms with Crippen LogP contribution in [-0.2, 0) is 9.59 Å². The number of likely N-dealkylation sites (N-methyl/N-ethyl adjacent to an activating group) is 1. The third-order valence-corrected chi connectivity index (χ3v) is 3.10. The van der Waals surface area contributed by atoms with Gasteiger partial charge in [-0.05, 0) is 18.8 Å². The summed E-state index contributed by atoms with van der Waals surface area (Å²) in [6, 6.07) is 0.179. The summed E-state index contributed by atoms with van der Waals surface area (Å²) in [5, 5.41) is 0. The zero-order valence-electron chi connectivity index (χ0n) is 9.32. The van der Waals surface area contributed by atoms with Gasteiger partial charge in [-0.2, -0.15) is 0 Å². The van der Waals surface area contributed by atoms with E-state index in [2.05, 4.69) is 6.92 Å². The number of rotatable bonds is 1. The van der Waals surface area contributed by atoms with Gasteiger partial charge in [0.1, 0.15) is 0 Å². The maximum atomic E-state index is 11.5. The maximum Gasteiger partial charge on any atom is 0.323 e. The molecule has 0 saturated heterocycles. The number of nitrogens with zero attached hydrogens (tertiary/aromatic N) is 1. The minimum atomic E-state index is -0.740. The molecular weight excluding hydrogens is 194 g/mol. The molecule has 0 aromatic rings. The molecule has 1 aliphatic carbocycles. The molecule has 2 unspecified atom stereocenters. The number of hydrogen-bond acceptors (Lipinski definition) is 3. The fourth-order valence-corrected chi connectivity index (χ4v) is 2.14. The molecule has 0 bridgehead atoms. The number of carbonyl (C=O) groups is 2. The van der Waals surface area contributed by atoms with Crippen molar-refractivity contribution in [1.82, 2.24) is 10.3 Å². The van der Waals surface area contributed by atoms with E-state index in [1.54, 1.807) is 7.05 Å². The Morgan fingerprint density at radius 3 is 2.60 bits per heavy atom. The van der Waals surface area contributed by atoms with Gasteiger partial charge in [0.25, 0.3) is 0 Å². The number of amides is 2. The molecule has 0 aromatic heterocycles. The molecule has 5 nitrogen and oxygen atoms in total. The molecule has 5 heteroatoms. The SMILES string of the molecule is CC1CCCC(N(C)C(=O)C(=O)NN)C1. The zero-order chi connectivity index (χ0) is 11.4. The lowest BCUT2D eigenvalue weighted by atomic mass is 9.86. The van der Waals surface area contributed by atoms with Gasteiger partial charge in [-0.25, -0.2) is 5.84 Å². The van der Waals surface area contributed by atoms with E-state index in [0.717, 1.165) is 19.3 Å². The van der Waals surface area contributed by atoms with Gasteiger partial charge < -0.3 is 4.90 Å². The Morgan fingerprint density at radius 2 is 2.07 bits per heavy atom. The van der Waals surface area contributed by atoms with Crippen LogP contribution in [-0.4, -0.2) is 29.8 Å². The van der Waals surface area contributed by atoms with Crippen molar-refractivity contribution in [2.75, 3.05) is 7.05 Å². The van der Waals surface area contributed by atoms with E-state index in [1.807, 2.05) is 5.43 Å². The molecule has 0 aromatic carbocycles. The summed E-state index contributed by atoms with van der Waals surface area (Å²) >= 11 is 0. The van der Waals surface area contributed by atoms with Crippen LogP contribution < -0.4 is 11.3 Å². The van der Waals surface area contributed by atoms with Crippen LogP contribution in [0.5, 0.6) is 0 Å². The summed E-state index contributed by atoms with van der Waals surface area (Å²) in [6.45, 7) is 2.17. The fourth-order valence-electron chi connectivity index (χ4n) is 2.14. The molecule has 0 heterocycles. The van der Waals surface area contributed by atoms with Gasteiger partial charge in [-0.3, -0.25) is 15.0 Å². The number of carbonyl (C=O) groups excluding carboxylic acids is 2. The number of nitrogens with two attached hydrogens (primary N) is 1. The Kier molecular flexibility index (Phi) is 4.08. The monoisotopic (exact) mass is 213 g/mol. The second-order valence-electron chi connectivity index (χ2n) is 4.32. The van der Waals surface area contributed by atoms with Crippen molar-refractivity contribution < 1.29 is 9.59 Å². The Morgan fingerprint density at radius 1 is 1.40 bits per heavy atom. The number of hydrogen-bond donors (Lipinski definition) is 2. The van der Waals surface area contributed by atoms with Gasteiger partial charge >= 0.3 is 11.8 Å². The van der Waals surface area contributed by atoms with Crippen LogP contribution in [0.25, 0.3) is 0 Å². The summed E-state index contributed by atoms with van der Waals surface area (Å²) in [5.74, 6) is 4.26. The van der Waals surface area contributed by atoms with Gasteiger partial charge in [-0.15, -0.1) is 0 Å². The van der Waals surface area contributed by atoms with Crippen LogP contribution in [0.4, 0.5) is 0 Å². The van der Waals surface area contributed by atoms with E-state index in [9.17, 15) is 9.59 Å². The second kappa shape index (κ2) is 5.11. The standard InChI is InChI=1S/C10H19N3O2/c1-7-4-3-5-8(6-7)13(2)10(15)9(14)12-11/h7-8H,3-6,11H2,1-2H3,(H,12,14). The summed E-state index contributed by atoms with van der Waals surface area (Å²) in [4.78, 5) is 24.1. The molecule has 15 heavy (non-hydrogen) atoms. The normalized spacial score (nSPS) is 25.8. The third-order valence-electron chi connectivity index (χ3n) is 3.10. The van der Waals surface area contributed by atoms with Crippen molar-refractivity contribution in [3.05, 3.63) is 0 Å². The average Bonchev–Trinajstić information content (AvgIpc) is 2.26. The Balaban J connectivity index is 2.55. The number of hydrazine groups is 1. The van der Waals surface area contributed by atoms with Gasteiger partial charge in [0.15, 0.2) is 0 Å². The lowest BCUT2D eigenvalue weighted by molar-refractivity contribution is -0.146. The van der Waals surface area contributed by atoms with E-state index < -0.39 is 11.8 Å². The van der Waals surface area contributed by atoms with E-state index >= 15 is 0 Å². The molecule has 1 saturated carbocycles. The molecule has 86 valence electrons. The van der Waals surface area contributed by atoms with Gasteiger partial charge in [0.2, 0.25) is 0 Å². The topological polar surface area (TPSA) is 75.4 Å². The average molecular weight is 213 g/mol. The Labute approximate surface area is 90.0 Å². The highest BCUT2D eigenvalue weighted by molar-refractivity contribution is 6.34. The Hall–Kier alpha value is -1.10. The Bertz CT molecular complexity index is 255. The van der Waals surface area contributed by atoms with Crippen molar-refractivity contribution >= 4 is 11.8 Å². The predicted molar refractivity (Wildman–Crippen MR) is 56.5 cm³/mol. The van der Waals surface area contributed by atoms with E-state index in [-0.39, 0.29) is 6.04 Å². The molecule has 3 N–H and O–H groups in total. The minimum Gasteiger partial charge on any atom is -0.334 e. The largest absolute Gasteiger partial charge is 0.334 e. The van der Waals surface area contributed by atoms with Gasteiger partial charge in [0, 0.05) is 13.1 Å². The third kappa shape index (κ3) is 2.92. The van der Waals surface area contributed by atoms with Crippen LogP contribution in [0.3, 0.4) is 0 Å². The highest BCUT2D eigenvalue weighted by atomic mass is 16.2. The highest BCUT2D eigenvalue weighted by Crippen LogP contribution is 2.26. The summed E-state index contributed by atoms with van der Waals surface area (Å²) in [5.41, 5.74) is 1.87. The summed E-state index contributed by atoms with van der Waals surface area (Å²) < 4.78 is 0. The minimum absolute atomic E-state index is 0.179. The molecule has 0 radical (unpaired) electrons. The van der Waals surface area contributed by atoms with Crippen LogP contribution in [0.1, 0.15) is 32.6 Å². The van der Waals surface area contributed by atoms with Crippen molar-refractivity contribution in [3.8, 4) is 0 Å². The molecule has 1 rings (SSSR count). The zero-order valence-corrected chi connectivity index (χ0v) is 9.32. The van der Waals surface area contributed by atoms with Crippen molar-refractivity contribution in [2.24, 2.45) is 11.8 Å². The first kappa shape index (κ1) is 12.0. The van der Waals surface area contributed by atoms with Gasteiger partial charge in [0.05, 0.1) is 0 Å². The van der Waals surface area contributed by atoms with Crippen LogP contribution >= 0.6 is 0 Å². The molecule has 1 aliphatic rings. The molecule has 0 spiro atoms. The van der Waals surface area contributed by atoms with E-state index in [1.165, 1.54) is 11.3 Å². The molecular formula is C10H19N3O2. The van der Waals surface area contributed by atoms with E-state index in [0.29, 0.717) is 5.92 Å². The maximum absolute atomic E-state index is 11.5. The quantitative estimate of drug-likeness (QED) is 0.279. The van der Waals surface area contributed by atoms with Crippen LogP contribution in [0.15, 0.2) is 0 Å². The lowest BCUT2D eigenvalue weighted by Crippen LogP contribution is -2.48. The first-order chi connectivity index (χ1) is 7.06. The first-order valence-corrected chi connectivity index (χ1v) is 5.34. The van der Waals surface area contributed by atoms with Crippen molar-refractivity contribution in [1.29, 1.82) is 0 Å². The molecule has 2 atom stereocenters. The van der Waals surface area contributed by atoms with Crippen molar-refractivity contribution in [3.63, 3.8) is 0 Å². The first-order valence-electron chi connectivity index (χ1n) is 5.34. The second-order valence-corrected chi connectivity index (χ2v) is 4.32. The lowest BCUT2D eigenvalue weighted by Gasteiger charge is -2.33. The highest BCUT2D eigenvalue weighted by Gasteiger charge is 2.28. The summed E-state index contributed by atoms with van der Waals surface area (Å²) in [6.07, 6.45) is 4.28. The predicted octanol–water partition coefficient (Wildman–Crippen LogP) is 0.0134. The van der Waals surface area contributed by atoms with Crippen molar-refractivity contribution in [2.45, 2.75) is 38.6 Å². The van der Waals surface area contributed by atoms with Crippen LogP contribution in [0.2, 0.25) is 0 Å². The smallest absolute Gasteiger partial charge is 0.323 e. The molecule has 0 aliphatic heterocycles. The van der Waals surface area contributed by atoms with Crippen LogP contribution in [0, 0.1) is 5.92 Å². The fraction of sp³-hybridized carbons (Fsp3) is 0.800. The number of nitrogens with one attached hydrogen (secondary N) is 1. The summed E-state index contributed by atoms with van der Waals surface area (Å²) in [7, 11) is 1.67. The molecule has 2 amide bonds. The van der Waals surface area contributed by atoms with Gasteiger partial charge in [-0.1, -0.05) is 19.8 Å². The molecule has 1 fully saturated rings.